The highest BCUT2D eigenvalue weighted by atomic mass is 19.3. The maximum Gasteiger partial charge on any atom is 0.257 e. The van der Waals surface area contributed by atoms with Crippen LogP contribution in [0.1, 0.15) is 52.1 Å². The van der Waals surface area contributed by atoms with Crippen LogP contribution in [0.5, 0.6) is 5.88 Å². The Morgan fingerprint density at radius 2 is 1.77 bits per heavy atom. The summed E-state index contributed by atoms with van der Waals surface area (Å²) in [6.45, 7) is 1.38. The van der Waals surface area contributed by atoms with Gasteiger partial charge in [0, 0.05) is 30.2 Å². The zero-order valence-electron chi connectivity index (χ0n) is 24.2. The zero-order chi connectivity index (χ0) is 31.0. The van der Waals surface area contributed by atoms with Crippen LogP contribution in [0.4, 0.5) is 8.78 Å². The van der Waals surface area contributed by atoms with Crippen molar-refractivity contribution >= 4 is 22.8 Å². The van der Waals surface area contributed by atoms with Crippen molar-refractivity contribution in [3.05, 3.63) is 71.9 Å². The summed E-state index contributed by atoms with van der Waals surface area (Å²) in [5.74, 6) is -0.634. The van der Waals surface area contributed by atoms with Crippen molar-refractivity contribution in [1.82, 2.24) is 39.6 Å². The molecule has 0 spiro atoms. The number of hydrogen-bond acceptors (Lipinski definition) is 7. The highest BCUT2D eigenvalue weighted by Crippen LogP contribution is 2.28. The van der Waals surface area contributed by atoms with Gasteiger partial charge >= 0.3 is 0 Å². The molecule has 6 rings (SSSR count). The number of carbonyl (C=O) groups excluding carboxylic acids is 2. The first-order valence-electron chi connectivity index (χ1n) is 14.2. The van der Waals surface area contributed by atoms with Crippen LogP contribution in [0, 0.1) is 6.92 Å². The van der Waals surface area contributed by atoms with Gasteiger partial charge < -0.3 is 15.8 Å². The normalized spacial score (nSPS) is 16.8. The number of nitrogens with one attached hydrogen (secondary N) is 1. The van der Waals surface area contributed by atoms with Gasteiger partial charge in [-0.05, 0) is 56.4 Å². The number of primary amides is 1. The maximum atomic E-state index is 13.2. The largest absolute Gasteiger partial charge is 0.474 e. The SMILES string of the molecule is Cc1c(C(=O)N[C@H]2CC[C@H](Oc3nc4c(cnn4C)cc3C(N)=O)CC2)cnn1-c1ccc(-c2cnn(CC(F)F)c2)cc1. The van der Waals surface area contributed by atoms with Crippen LogP contribution < -0.4 is 15.8 Å². The minimum absolute atomic E-state index is 0.0431. The maximum absolute atomic E-state index is 13.2. The number of nitrogens with two attached hydrogens (primary N) is 1. The van der Waals surface area contributed by atoms with Gasteiger partial charge in [-0.25, -0.2) is 13.5 Å². The van der Waals surface area contributed by atoms with Crippen molar-refractivity contribution in [3.8, 4) is 22.7 Å². The molecule has 0 bridgehead atoms. The van der Waals surface area contributed by atoms with Crippen molar-refractivity contribution < 1.29 is 23.1 Å². The Morgan fingerprint density at radius 3 is 2.48 bits per heavy atom. The third-order valence-electron chi connectivity index (χ3n) is 7.88. The number of nitrogens with zero attached hydrogens (tertiary/aromatic N) is 7. The molecule has 0 unspecified atom stereocenters. The lowest BCUT2D eigenvalue weighted by molar-refractivity contribution is 0.0881. The van der Waals surface area contributed by atoms with Crippen LogP contribution in [0.3, 0.4) is 0 Å². The Bertz CT molecular complexity index is 1820. The lowest BCUT2D eigenvalue weighted by Crippen LogP contribution is -2.40. The van der Waals surface area contributed by atoms with Gasteiger partial charge in [0.05, 0.1) is 35.5 Å². The molecule has 0 aliphatic heterocycles. The summed E-state index contributed by atoms with van der Waals surface area (Å²) < 4.78 is 35.9. The second kappa shape index (κ2) is 11.9. The van der Waals surface area contributed by atoms with Crippen molar-refractivity contribution in [1.29, 1.82) is 0 Å². The van der Waals surface area contributed by atoms with Crippen LogP contribution in [0.25, 0.3) is 27.8 Å². The van der Waals surface area contributed by atoms with E-state index in [-0.39, 0.29) is 29.5 Å². The predicted molar refractivity (Wildman–Crippen MR) is 157 cm³/mol. The first kappa shape index (κ1) is 29.0. The van der Waals surface area contributed by atoms with E-state index in [1.54, 1.807) is 47.3 Å². The molecule has 5 aromatic rings. The zero-order valence-corrected chi connectivity index (χ0v) is 24.2. The van der Waals surface area contributed by atoms with Crippen molar-refractivity contribution in [2.75, 3.05) is 0 Å². The van der Waals surface area contributed by atoms with Gasteiger partial charge in [-0.15, -0.1) is 0 Å². The molecular formula is C30H31F2N9O3. The topological polar surface area (TPSA) is 148 Å². The summed E-state index contributed by atoms with van der Waals surface area (Å²) >= 11 is 0. The standard InChI is InChI=1S/C30H31F2N9O3/c1-17-25(14-36-41(17)22-7-3-18(4-8-22)20-13-35-40(15-20)16-26(31)32)29(43)37-21-5-9-23(10-6-21)44-30-24(27(33)42)11-19-12-34-39(2)28(19)38-30/h3-4,7-8,11-15,21,23,26H,5-6,9-10,16H2,1-2H3,(H2,33,42)(H,37,43)/t21-,23-. The molecule has 0 atom stereocenters. The molecule has 4 aromatic heterocycles. The van der Waals surface area contributed by atoms with E-state index in [0.29, 0.717) is 48.0 Å². The number of aryl methyl sites for hydroxylation is 1. The molecule has 14 heteroatoms. The van der Waals surface area contributed by atoms with Crippen LogP contribution in [-0.2, 0) is 13.6 Å². The molecule has 1 aliphatic rings. The Hall–Kier alpha value is -5.14. The van der Waals surface area contributed by atoms with Gasteiger partial charge in [-0.3, -0.25) is 19.0 Å². The first-order chi connectivity index (χ1) is 21.2. The average molecular weight is 604 g/mol. The summed E-state index contributed by atoms with van der Waals surface area (Å²) in [6.07, 6.45) is 6.37. The molecule has 1 fully saturated rings. The number of fused-ring (bicyclic) bond motifs is 1. The Labute approximate surface area is 250 Å². The molecule has 3 N–H and O–H groups in total. The number of pyridine rings is 1. The second-order valence-corrected chi connectivity index (χ2v) is 10.9. The van der Waals surface area contributed by atoms with E-state index in [4.69, 9.17) is 10.5 Å². The fraction of sp³-hybridized carbons (Fsp3) is 0.333. The Balaban J connectivity index is 1.06. The summed E-state index contributed by atoms with van der Waals surface area (Å²) in [7, 11) is 1.76. The van der Waals surface area contributed by atoms with Gasteiger partial charge in [0.25, 0.3) is 18.2 Å². The first-order valence-corrected chi connectivity index (χ1v) is 14.2. The number of rotatable bonds is 9. The quantitative estimate of drug-likeness (QED) is 0.260. The Kier molecular flexibility index (Phi) is 7.80. The minimum Gasteiger partial charge on any atom is -0.474 e. The van der Waals surface area contributed by atoms with E-state index in [2.05, 4.69) is 25.6 Å². The van der Waals surface area contributed by atoms with E-state index >= 15 is 0 Å². The smallest absolute Gasteiger partial charge is 0.257 e. The number of ether oxygens (including phenoxy) is 1. The van der Waals surface area contributed by atoms with Crippen molar-refractivity contribution in [3.63, 3.8) is 0 Å². The summed E-state index contributed by atoms with van der Waals surface area (Å²) in [5.41, 5.74) is 9.87. The van der Waals surface area contributed by atoms with E-state index in [0.717, 1.165) is 16.8 Å². The number of benzene rings is 1. The monoisotopic (exact) mass is 603 g/mol. The van der Waals surface area contributed by atoms with E-state index in [9.17, 15) is 18.4 Å². The van der Waals surface area contributed by atoms with Gasteiger partial charge in [-0.2, -0.15) is 20.3 Å². The molecule has 2 amide bonds. The molecule has 44 heavy (non-hydrogen) atoms. The van der Waals surface area contributed by atoms with Gasteiger partial charge in [0.15, 0.2) is 5.65 Å². The highest BCUT2D eigenvalue weighted by Gasteiger charge is 2.27. The Morgan fingerprint density at radius 1 is 1.02 bits per heavy atom. The third kappa shape index (κ3) is 5.87. The van der Waals surface area contributed by atoms with E-state index in [1.165, 1.54) is 4.68 Å². The number of carbonyl (C=O) groups is 2. The number of amides is 2. The van der Waals surface area contributed by atoms with Crippen LogP contribution in [0.2, 0.25) is 0 Å². The van der Waals surface area contributed by atoms with E-state index in [1.807, 2.05) is 31.2 Å². The highest BCUT2D eigenvalue weighted by molar-refractivity contribution is 5.98. The van der Waals surface area contributed by atoms with Crippen molar-refractivity contribution in [2.45, 2.75) is 57.7 Å². The predicted octanol–water partition coefficient (Wildman–Crippen LogP) is 3.81. The fourth-order valence-corrected chi connectivity index (χ4v) is 5.51. The van der Waals surface area contributed by atoms with E-state index < -0.39 is 18.9 Å². The summed E-state index contributed by atoms with van der Waals surface area (Å²) in [5, 5.41) is 16.4. The number of hydrogen-bond donors (Lipinski definition) is 2. The minimum atomic E-state index is -2.47. The fourth-order valence-electron chi connectivity index (χ4n) is 5.51. The third-order valence-corrected chi connectivity index (χ3v) is 7.88. The van der Waals surface area contributed by atoms with Crippen LogP contribution in [-0.4, -0.2) is 64.7 Å². The van der Waals surface area contributed by atoms with Gasteiger partial charge in [-0.1, -0.05) is 12.1 Å². The number of aromatic nitrogens is 7. The van der Waals surface area contributed by atoms with Crippen LogP contribution in [0.15, 0.2) is 55.1 Å². The molecular weight excluding hydrogens is 572 g/mol. The average Bonchev–Trinajstić information content (AvgIpc) is 3.72. The van der Waals surface area contributed by atoms with Gasteiger partial charge in [0.2, 0.25) is 5.88 Å². The molecule has 228 valence electrons. The van der Waals surface area contributed by atoms with Crippen LogP contribution >= 0.6 is 0 Å². The number of alkyl halides is 2. The molecule has 0 radical (unpaired) electrons. The second-order valence-electron chi connectivity index (χ2n) is 10.9. The lowest BCUT2D eigenvalue weighted by Gasteiger charge is -2.29. The molecule has 12 nitrogen and oxygen atoms in total. The molecule has 1 saturated carbocycles. The molecule has 0 saturated heterocycles. The molecule has 1 aromatic carbocycles. The van der Waals surface area contributed by atoms with Crippen molar-refractivity contribution in [2.24, 2.45) is 12.8 Å². The van der Waals surface area contributed by atoms with Gasteiger partial charge in [0.1, 0.15) is 18.2 Å². The summed E-state index contributed by atoms with van der Waals surface area (Å²) in [4.78, 5) is 29.7. The lowest BCUT2D eigenvalue weighted by atomic mass is 9.92. The summed E-state index contributed by atoms with van der Waals surface area (Å²) in [6, 6.07) is 9.03. The number of halogens is 2. The molecule has 4 heterocycles. The molecule has 1 aliphatic carbocycles.